The van der Waals surface area contributed by atoms with Gasteiger partial charge in [-0.3, -0.25) is 4.79 Å². The number of rotatable bonds is 1. The molecular weight excluding hydrogens is 88.1 g/mol. The number of ketones is 1. The molecular formula is C6H8O. The minimum absolute atomic E-state index is 0.0185. The summed E-state index contributed by atoms with van der Waals surface area (Å²) < 4.78 is 0. The summed E-state index contributed by atoms with van der Waals surface area (Å²) in [5, 5.41) is 0. The molecule has 0 atom stereocenters. The SMILES string of the molecule is C#C.C=CC(C)=O. The summed E-state index contributed by atoms with van der Waals surface area (Å²) in [5.74, 6) is 0.0185. The van der Waals surface area contributed by atoms with Crippen molar-refractivity contribution in [3.8, 4) is 12.8 Å². The maximum atomic E-state index is 9.69. The normalized spacial score (nSPS) is 5.00. The van der Waals surface area contributed by atoms with E-state index in [2.05, 4.69) is 19.4 Å². The van der Waals surface area contributed by atoms with Gasteiger partial charge in [0.05, 0.1) is 0 Å². The smallest absolute Gasteiger partial charge is 0.152 e. The van der Waals surface area contributed by atoms with Gasteiger partial charge in [-0.2, -0.15) is 0 Å². The lowest BCUT2D eigenvalue weighted by atomic mass is 10.5. The molecule has 1 heteroatoms. The third-order valence-corrected chi connectivity index (χ3v) is 0.287. The fourth-order valence-electron chi connectivity index (χ4n) is 0. The lowest BCUT2D eigenvalue weighted by molar-refractivity contribution is -0.112. The largest absolute Gasteiger partial charge is 0.295 e. The van der Waals surface area contributed by atoms with Gasteiger partial charge in [-0.15, -0.1) is 12.8 Å². The van der Waals surface area contributed by atoms with Crippen LogP contribution in [0.3, 0.4) is 0 Å². The molecule has 0 amide bonds. The Kier molecular flexibility index (Phi) is 11.9. The van der Waals surface area contributed by atoms with Gasteiger partial charge in [-0.25, -0.2) is 0 Å². The van der Waals surface area contributed by atoms with E-state index in [0.717, 1.165) is 0 Å². The fourth-order valence-corrected chi connectivity index (χ4v) is 0. The Morgan fingerprint density at radius 1 is 1.71 bits per heavy atom. The highest BCUT2D eigenvalue weighted by atomic mass is 16.1. The highest BCUT2D eigenvalue weighted by Gasteiger charge is 1.69. The number of hydrogen-bond donors (Lipinski definition) is 0. The van der Waals surface area contributed by atoms with Crippen molar-refractivity contribution in [1.82, 2.24) is 0 Å². The van der Waals surface area contributed by atoms with Gasteiger partial charge in [0.15, 0.2) is 5.78 Å². The molecule has 0 rings (SSSR count). The quantitative estimate of drug-likeness (QED) is 0.351. The Bertz CT molecular complexity index is 79.4. The first kappa shape index (κ1) is 9.36. The predicted octanol–water partition coefficient (Wildman–Crippen LogP) is 1.01. The predicted molar refractivity (Wildman–Crippen MR) is 30.8 cm³/mol. The molecule has 0 saturated carbocycles. The van der Waals surface area contributed by atoms with Crippen LogP contribution in [0.5, 0.6) is 0 Å². The van der Waals surface area contributed by atoms with Gasteiger partial charge in [0, 0.05) is 0 Å². The number of terminal acetylenes is 1. The zero-order valence-corrected chi connectivity index (χ0v) is 4.35. The van der Waals surface area contributed by atoms with E-state index in [9.17, 15) is 4.79 Å². The van der Waals surface area contributed by atoms with Gasteiger partial charge in [0.25, 0.3) is 0 Å². The van der Waals surface area contributed by atoms with Crippen molar-refractivity contribution in [1.29, 1.82) is 0 Å². The van der Waals surface area contributed by atoms with Gasteiger partial charge < -0.3 is 0 Å². The molecule has 0 saturated heterocycles. The molecule has 0 spiro atoms. The Morgan fingerprint density at radius 2 is 1.86 bits per heavy atom. The minimum Gasteiger partial charge on any atom is -0.295 e. The zero-order chi connectivity index (χ0) is 6.28. The van der Waals surface area contributed by atoms with Crippen LogP contribution in [0.4, 0.5) is 0 Å². The highest BCUT2D eigenvalue weighted by Crippen LogP contribution is 1.60. The minimum atomic E-state index is 0.0185. The van der Waals surface area contributed by atoms with Crippen molar-refractivity contribution >= 4 is 5.78 Å². The average molecular weight is 96.1 g/mol. The van der Waals surface area contributed by atoms with Crippen molar-refractivity contribution < 1.29 is 4.79 Å². The first-order valence-electron chi connectivity index (χ1n) is 1.73. The van der Waals surface area contributed by atoms with Gasteiger partial charge in [-0.1, -0.05) is 6.58 Å². The molecule has 0 radical (unpaired) electrons. The van der Waals surface area contributed by atoms with Crippen LogP contribution in [0.2, 0.25) is 0 Å². The number of hydrogen-bond acceptors (Lipinski definition) is 1. The summed E-state index contributed by atoms with van der Waals surface area (Å²) in [6, 6.07) is 0. The van der Waals surface area contributed by atoms with Gasteiger partial charge in [-0.05, 0) is 13.0 Å². The van der Waals surface area contributed by atoms with Crippen LogP contribution in [-0.2, 0) is 4.79 Å². The Morgan fingerprint density at radius 3 is 1.86 bits per heavy atom. The van der Waals surface area contributed by atoms with Crippen LogP contribution >= 0.6 is 0 Å². The molecule has 0 fully saturated rings. The highest BCUT2D eigenvalue weighted by molar-refractivity contribution is 5.86. The topological polar surface area (TPSA) is 17.1 Å². The lowest BCUT2D eigenvalue weighted by Gasteiger charge is -1.62. The van der Waals surface area contributed by atoms with E-state index in [1.54, 1.807) is 0 Å². The molecule has 0 aromatic carbocycles. The number of carbonyl (C=O) groups excluding carboxylic acids is 1. The maximum absolute atomic E-state index is 9.69. The van der Waals surface area contributed by atoms with Crippen molar-refractivity contribution in [2.75, 3.05) is 0 Å². The first-order valence-corrected chi connectivity index (χ1v) is 1.73. The van der Waals surface area contributed by atoms with Crippen LogP contribution in [-0.4, -0.2) is 5.78 Å². The summed E-state index contributed by atoms with van der Waals surface area (Å²) >= 11 is 0. The first-order chi connectivity index (χ1) is 3.27. The third-order valence-electron chi connectivity index (χ3n) is 0.287. The molecule has 0 aromatic heterocycles. The van der Waals surface area contributed by atoms with Crippen molar-refractivity contribution in [2.45, 2.75) is 6.92 Å². The second-order valence-corrected chi connectivity index (χ2v) is 0.815. The summed E-state index contributed by atoms with van der Waals surface area (Å²) in [6.07, 6.45) is 9.28. The lowest BCUT2D eigenvalue weighted by Crippen LogP contribution is -1.74. The Hall–Kier alpha value is -1.03. The maximum Gasteiger partial charge on any atom is 0.152 e. The number of carbonyl (C=O) groups is 1. The zero-order valence-electron chi connectivity index (χ0n) is 4.35. The molecule has 7 heavy (non-hydrogen) atoms. The molecule has 1 nitrogen and oxygen atoms in total. The van der Waals surface area contributed by atoms with Crippen LogP contribution in [0.1, 0.15) is 6.92 Å². The van der Waals surface area contributed by atoms with Crippen LogP contribution < -0.4 is 0 Å². The molecule has 0 N–H and O–H groups in total. The van der Waals surface area contributed by atoms with E-state index in [-0.39, 0.29) is 5.78 Å². The molecule has 0 bridgehead atoms. The van der Waals surface area contributed by atoms with E-state index in [1.807, 2.05) is 0 Å². The monoisotopic (exact) mass is 96.1 g/mol. The van der Waals surface area contributed by atoms with E-state index < -0.39 is 0 Å². The van der Waals surface area contributed by atoms with E-state index in [1.165, 1.54) is 13.0 Å². The second kappa shape index (κ2) is 8.88. The second-order valence-electron chi connectivity index (χ2n) is 0.815. The molecule has 0 aliphatic rings. The van der Waals surface area contributed by atoms with E-state index in [4.69, 9.17) is 0 Å². The van der Waals surface area contributed by atoms with Crippen molar-refractivity contribution in [2.24, 2.45) is 0 Å². The summed E-state index contributed by atoms with van der Waals surface area (Å²) in [4.78, 5) is 9.69. The number of allylic oxidation sites excluding steroid dienone is 1. The van der Waals surface area contributed by atoms with Gasteiger partial charge in [0.1, 0.15) is 0 Å². The molecule has 0 aliphatic heterocycles. The van der Waals surface area contributed by atoms with Crippen LogP contribution in [0.25, 0.3) is 0 Å². The Labute approximate surface area is 44.0 Å². The van der Waals surface area contributed by atoms with Crippen molar-refractivity contribution in [3.63, 3.8) is 0 Å². The Balaban J connectivity index is 0. The van der Waals surface area contributed by atoms with Crippen LogP contribution in [0.15, 0.2) is 12.7 Å². The molecule has 38 valence electrons. The molecule has 0 heterocycles. The third kappa shape index (κ3) is 46.6. The molecule has 0 unspecified atom stereocenters. The van der Waals surface area contributed by atoms with Crippen LogP contribution in [0, 0.1) is 12.8 Å². The van der Waals surface area contributed by atoms with E-state index in [0.29, 0.717) is 0 Å². The average Bonchev–Trinajstić information content (AvgIpc) is 1.73. The summed E-state index contributed by atoms with van der Waals surface area (Å²) in [5.41, 5.74) is 0. The summed E-state index contributed by atoms with van der Waals surface area (Å²) in [7, 11) is 0. The van der Waals surface area contributed by atoms with Gasteiger partial charge >= 0.3 is 0 Å². The van der Waals surface area contributed by atoms with Gasteiger partial charge in [0.2, 0.25) is 0 Å². The fraction of sp³-hybridized carbons (Fsp3) is 0.167. The van der Waals surface area contributed by atoms with E-state index >= 15 is 0 Å². The standard InChI is InChI=1S/C4H6O.C2H2/c1-3-4(2)5;1-2/h3H,1H2,2H3;1-2H. The van der Waals surface area contributed by atoms with Crippen molar-refractivity contribution in [3.05, 3.63) is 12.7 Å². The summed E-state index contributed by atoms with van der Waals surface area (Å²) in [6.45, 7) is 4.68. The molecule has 0 aromatic rings. The molecule has 0 aliphatic carbocycles.